The second-order valence-electron chi connectivity index (χ2n) is 6.82. The van der Waals surface area contributed by atoms with Gasteiger partial charge in [0.1, 0.15) is 0 Å². The highest BCUT2D eigenvalue weighted by molar-refractivity contribution is 5.23. The fourth-order valence-electron chi connectivity index (χ4n) is 4.74. The van der Waals surface area contributed by atoms with Crippen LogP contribution < -0.4 is 0 Å². The largest absolute Gasteiger partial charge is 0.297 e. The number of hydrogen-bond acceptors (Lipinski definition) is 1. The number of halogens is 1. The van der Waals surface area contributed by atoms with Crippen molar-refractivity contribution in [2.75, 3.05) is 6.54 Å². The molecule has 2 fully saturated rings. The van der Waals surface area contributed by atoms with Gasteiger partial charge in [-0.05, 0) is 50.0 Å². The molecule has 0 spiro atoms. The molecule has 17 heavy (non-hydrogen) atoms. The van der Waals surface area contributed by atoms with Crippen molar-refractivity contribution in [3.63, 3.8) is 0 Å². The predicted molar refractivity (Wildman–Crippen MR) is 68.2 cm³/mol. The minimum atomic E-state index is 0.201. The van der Waals surface area contributed by atoms with Crippen molar-refractivity contribution in [3.05, 3.63) is 11.9 Å². The molecular formula is C15H24FN. The molecule has 5 atom stereocenters. The Kier molecular flexibility index (Phi) is 2.62. The predicted octanol–water partition coefficient (Wildman–Crippen LogP) is 3.47. The van der Waals surface area contributed by atoms with E-state index >= 15 is 0 Å². The Labute approximate surface area is 104 Å². The molecule has 1 heterocycles. The van der Waals surface area contributed by atoms with E-state index in [1.54, 1.807) is 0 Å². The summed E-state index contributed by atoms with van der Waals surface area (Å²) in [5.41, 5.74) is 0. The lowest BCUT2D eigenvalue weighted by atomic mass is 9.78. The lowest BCUT2D eigenvalue weighted by Gasteiger charge is -2.35. The first-order chi connectivity index (χ1) is 8.00. The molecule has 1 saturated carbocycles. The highest BCUT2D eigenvalue weighted by Crippen LogP contribution is 2.58. The van der Waals surface area contributed by atoms with Crippen LogP contribution in [0.3, 0.4) is 0 Å². The minimum absolute atomic E-state index is 0.201. The quantitative estimate of drug-likeness (QED) is 0.711. The van der Waals surface area contributed by atoms with Gasteiger partial charge in [-0.1, -0.05) is 13.8 Å². The van der Waals surface area contributed by atoms with E-state index in [0.29, 0.717) is 29.8 Å². The van der Waals surface area contributed by atoms with Gasteiger partial charge >= 0.3 is 0 Å². The average Bonchev–Trinajstić information content (AvgIpc) is 2.83. The van der Waals surface area contributed by atoms with E-state index in [0.717, 1.165) is 12.3 Å². The topological polar surface area (TPSA) is 3.24 Å². The number of hydrogen-bond donors (Lipinski definition) is 0. The van der Waals surface area contributed by atoms with Gasteiger partial charge in [0, 0.05) is 24.5 Å². The maximum absolute atomic E-state index is 13.9. The molecule has 0 aromatic carbocycles. The molecule has 1 nitrogen and oxygen atoms in total. The maximum Gasteiger partial charge on any atom is 0.0997 e. The Bertz CT molecular complexity index is 347. The van der Waals surface area contributed by atoms with Crippen LogP contribution in [0.5, 0.6) is 0 Å². The van der Waals surface area contributed by atoms with Crippen molar-refractivity contribution < 1.29 is 4.39 Å². The fourth-order valence-corrected chi connectivity index (χ4v) is 4.74. The fraction of sp³-hybridized carbons (Fsp3) is 0.867. The number of allylic oxidation sites excluding steroid dienone is 2. The van der Waals surface area contributed by atoms with Gasteiger partial charge in [-0.15, -0.1) is 0 Å². The molecule has 0 aromatic heterocycles. The normalized spacial score (nSPS) is 44.9. The second-order valence-corrected chi connectivity index (χ2v) is 6.82. The molecule has 0 radical (unpaired) electrons. The summed E-state index contributed by atoms with van der Waals surface area (Å²) < 4.78 is 13.9. The van der Waals surface area contributed by atoms with Crippen molar-refractivity contribution in [3.8, 4) is 0 Å². The van der Waals surface area contributed by atoms with E-state index in [1.807, 2.05) is 6.08 Å². The van der Waals surface area contributed by atoms with E-state index in [4.69, 9.17) is 0 Å². The van der Waals surface area contributed by atoms with Crippen LogP contribution in [0, 0.1) is 29.6 Å². The summed E-state index contributed by atoms with van der Waals surface area (Å²) >= 11 is 0. The van der Waals surface area contributed by atoms with Crippen LogP contribution in [0.25, 0.3) is 0 Å². The highest BCUT2D eigenvalue weighted by atomic mass is 19.1. The van der Waals surface area contributed by atoms with Gasteiger partial charge in [0.05, 0.1) is 5.83 Å². The smallest absolute Gasteiger partial charge is 0.0997 e. The number of likely N-dealkylation sites (tertiary alicyclic amines) is 1. The molecule has 1 aliphatic heterocycles. The van der Waals surface area contributed by atoms with Crippen molar-refractivity contribution in [2.45, 2.75) is 46.2 Å². The second kappa shape index (κ2) is 3.81. The van der Waals surface area contributed by atoms with Gasteiger partial charge in [-0.3, -0.25) is 4.90 Å². The summed E-state index contributed by atoms with van der Waals surface area (Å²) in [5, 5.41) is 0. The molecule has 2 bridgehead atoms. The van der Waals surface area contributed by atoms with Gasteiger partial charge in [0.15, 0.2) is 0 Å². The monoisotopic (exact) mass is 237 g/mol. The zero-order chi connectivity index (χ0) is 12.3. The molecule has 2 aliphatic carbocycles. The molecule has 3 rings (SSSR count). The van der Waals surface area contributed by atoms with Crippen molar-refractivity contribution >= 4 is 0 Å². The van der Waals surface area contributed by atoms with E-state index in [1.165, 1.54) is 6.54 Å². The molecule has 3 aliphatic rings. The van der Waals surface area contributed by atoms with Crippen molar-refractivity contribution in [1.29, 1.82) is 0 Å². The van der Waals surface area contributed by atoms with Gasteiger partial charge < -0.3 is 0 Å². The van der Waals surface area contributed by atoms with E-state index in [2.05, 4.69) is 32.6 Å². The summed E-state index contributed by atoms with van der Waals surface area (Å²) in [6.45, 7) is 10.4. The molecule has 0 amide bonds. The molecule has 0 aromatic rings. The molecule has 1 saturated heterocycles. The first kappa shape index (κ1) is 11.7. The lowest BCUT2D eigenvalue weighted by molar-refractivity contribution is 0.123. The van der Waals surface area contributed by atoms with Crippen LogP contribution in [0.4, 0.5) is 4.39 Å². The highest BCUT2D eigenvalue weighted by Gasteiger charge is 2.57. The Morgan fingerprint density at radius 3 is 2.59 bits per heavy atom. The van der Waals surface area contributed by atoms with Crippen LogP contribution in [0.15, 0.2) is 11.9 Å². The molecule has 96 valence electrons. The van der Waals surface area contributed by atoms with E-state index in [-0.39, 0.29) is 11.7 Å². The van der Waals surface area contributed by atoms with Crippen LogP contribution in [-0.4, -0.2) is 23.5 Å². The zero-order valence-corrected chi connectivity index (χ0v) is 11.4. The zero-order valence-electron chi connectivity index (χ0n) is 11.4. The number of nitrogens with zero attached hydrogens (tertiary/aromatic N) is 1. The van der Waals surface area contributed by atoms with Gasteiger partial charge in [-0.2, -0.15) is 0 Å². The standard InChI is InChI=1S/C15H24FN/c1-8(2)15-14-11-5-10(6-13(11)16)12(14)7-17(15)9(3)4/h6,8-12,14-15H,5,7H2,1-4H3. The first-order valence-electron chi connectivity index (χ1n) is 7.13. The summed E-state index contributed by atoms with van der Waals surface area (Å²) in [4.78, 5) is 2.63. The summed E-state index contributed by atoms with van der Waals surface area (Å²) in [6.07, 6.45) is 3.02. The maximum atomic E-state index is 13.9. The van der Waals surface area contributed by atoms with Crippen LogP contribution in [-0.2, 0) is 0 Å². The molecule has 0 N–H and O–H groups in total. The summed E-state index contributed by atoms with van der Waals surface area (Å²) in [6, 6.07) is 1.19. The van der Waals surface area contributed by atoms with E-state index < -0.39 is 0 Å². The molecule has 2 heteroatoms. The molecule has 5 unspecified atom stereocenters. The third-order valence-electron chi connectivity index (χ3n) is 5.31. The third-order valence-corrected chi connectivity index (χ3v) is 5.31. The number of fused-ring (bicyclic) bond motifs is 5. The Balaban J connectivity index is 1.91. The van der Waals surface area contributed by atoms with Gasteiger partial charge in [0.25, 0.3) is 0 Å². The van der Waals surface area contributed by atoms with Crippen molar-refractivity contribution in [2.24, 2.45) is 29.6 Å². The van der Waals surface area contributed by atoms with Crippen LogP contribution in [0.2, 0.25) is 0 Å². The molecular weight excluding hydrogens is 213 g/mol. The first-order valence-corrected chi connectivity index (χ1v) is 7.13. The van der Waals surface area contributed by atoms with Gasteiger partial charge in [-0.25, -0.2) is 4.39 Å². The summed E-state index contributed by atoms with van der Waals surface area (Å²) in [7, 11) is 0. The third kappa shape index (κ3) is 1.53. The Morgan fingerprint density at radius 1 is 1.29 bits per heavy atom. The SMILES string of the molecule is CC(C)C1C2C3CC(C=C3F)C2CN1C(C)C. The number of rotatable bonds is 2. The lowest BCUT2D eigenvalue weighted by Crippen LogP contribution is -2.42. The van der Waals surface area contributed by atoms with Gasteiger partial charge in [0.2, 0.25) is 0 Å². The summed E-state index contributed by atoms with van der Waals surface area (Å²) in [5.74, 6) is 2.95. The average molecular weight is 237 g/mol. The van der Waals surface area contributed by atoms with E-state index in [9.17, 15) is 4.39 Å². The van der Waals surface area contributed by atoms with Crippen molar-refractivity contribution in [1.82, 2.24) is 4.90 Å². The van der Waals surface area contributed by atoms with Crippen LogP contribution >= 0.6 is 0 Å². The Hall–Kier alpha value is -0.370. The Morgan fingerprint density at radius 2 is 2.00 bits per heavy atom. The minimum Gasteiger partial charge on any atom is -0.297 e. The van der Waals surface area contributed by atoms with Crippen LogP contribution in [0.1, 0.15) is 34.1 Å².